The molecule has 17 heavy (non-hydrogen) atoms. The van der Waals surface area contributed by atoms with Crippen LogP contribution in [0.4, 0.5) is 11.4 Å². The molecule has 1 saturated heterocycles. The standard InChI is InChI=1S/C12H16N2O3/c1-10-6-8-14(17,9-7-10)12-5-3-2-4-11(12)13(15)16/h2-5,10H,6-9H2,1H3. The lowest BCUT2D eigenvalue weighted by Crippen LogP contribution is -2.49. The van der Waals surface area contributed by atoms with Gasteiger partial charge >= 0.3 is 5.69 Å². The van der Waals surface area contributed by atoms with E-state index in [1.807, 2.05) is 0 Å². The smallest absolute Gasteiger partial charge is 0.329 e. The average Bonchev–Trinajstić information content (AvgIpc) is 2.33. The first kappa shape index (κ1) is 12.0. The lowest BCUT2D eigenvalue weighted by Gasteiger charge is -2.45. The minimum Gasteiger partial charge on any atom is -0.627 e. The fourth-order valence-corrected chi connectivity index (χ4v) is 2.32. The van der Waals surface area contributed by atoms with E-state index in [-0.39, 0.29) is 5.69 Å². The van der Waals surface area contributed by atoms with Crippen molar-refractivity contribution in [3.8, 4) is 0 Å². The number of piperidine rings is 1. The van der Waals surface area contributed by atoms with Gasteiger partial charge in [0.05, 0.1) is 18.0 Å². The van der Waals surface area contributed by atoms with E-state index in [2.05, 4.69) is 6.92 Å². The number of quaternary nitrogens is 1. The Hall–Kier alpha value is -1.46. The molecule has 0 N–H and O–H groups in total. The van der Waals surface area contributed by atoms with Gasteiger partial charge in [-0.15, -0.1) is 0 Å². The van der Waals surface area contributed by atoms with Gasteiger partial charge in [0.15, 0.2) is 0 Å². The summed E-state index contributed by atoms with van der Waals surface area (Å²) in [5.41, 5.74) is 0.237. The maximum Gasteiger partial charge on any atom is 0.329 e. The zero-order chi connectivity index (χ0) is 12.5. The Morgan fingerprint density at radius 2 is 1.88 bits per heavy atom. The predicted octanol–water partition coefficient (Wildman–Crippen LogP) is 2.83. The molecule has 0 amide bonds. The van der Waals surface area contributed by atoms with Crippen molar-refractivity contribution in [3.05, 3.63) is 39.6 Å². The van der Waals surface area contributed by atoms with E-state index in [0.29, 0.717) is 24.7 Å². The van der Waals surface area contributed by atoms with E-state index >= 15 is 0 Å². The van der Waals surface area contributed by atoms with Gasteiger partial charge in [-0.3, -0.25) is 10.1 Å². The monoisotopic (exact) mass is 236 g/mol. The van der Waals surface area contributed by atoms with Gasteiger partial charge in [0, 0.05) is 25.0 Å². The molecule has 92 valence electrons. The largest absolute Gasteiger partial charge is 0.627 e. The molecule has 1 aliphatic heterocycles. The van der Waals surface area contributed by atoms with Crippen LogP contribution >= 0.6 is 0 Å². The summed E-state index contributed by atoms with van der Waals surface area (Å²) in [6, 6.07) is 6.28. The van der Waals surface area contributed by atoms with Gasteiger partial charge in [0.25, 0.3) is 0 Å². The molecule has 1 aliphatic rings. The molecule has 0 radical (unpaired) electrons. The molecular weight excluding hydrogens is 220 g/mol. The Balaban J connectivity index is 2.36. The number of hydrogen-bond acceptors (Lipinski definition) is 3. The van der Waals surface area contributed by atoms with E-state index in [4.69, 9.17) is 0 Å². The number of nitrogens with zero attached hydrogens (tertiary/aromatic N) is 2. The van der Waals surface area contributed by atoms with E-state index in [1.165, 1.54) is 6.07 Å². The van der Waals surface area contributed by atoms with E-state index in [0.717, 1.165) is 12.8 Å². The van der Waals surface area contributed by atoms with Crippen LogP contribution in [0.25, 0.3) is 0 Å². The first-order valence-electron chi connectivity index (χ1n) is 5.85. The van der Waals surface area contributed by atoms with Crippen molar-refractivity contribution in [2.24, 2.45) is 5.92 Å². The van der Waals surface area contributed by atoms with E-state index in [9.17, 15) is 15.3 Å². The second-order valence-corrected chi connectivity index (χ2v) is 4.76. The van der Waals surface area contributed by atoms with Crippen LogP contribution in [0, 0.1) is 21.2 Å². The molecule has 0 atom stereocenters. The van der Waals surface area contributed by atoms with Crippen LogP contribution in [0.3, 0.4) is 0 Å². The third kappa shape index (κ3) is 2.30. The lowest BCUT2D eigenvalue weighted by molar-refractivity contribution is -0.384. The second-order valence-electron chi connectivity index (χ2n) is 4.76. The SMILES string of the molecule is CC1CC[N+]([O-])(c2ccccc2[N+](=O)[O-])CC1. The third-order valence-corrected chi connectivity index (χ3v) is 3.48. The molecule has 0 bridgehead atoms. The molecule has 2 rings (SSSR count). The molecule has 0 unspecified atom stereocenters. The molecule has 1 heterocycles. The van der Waals surface area contributed by atoms with Crippen LogP contribution in [0.1, 0.15) is 19.8 Å². The van der Waals surface area contributed by atoms with Gasteiger partial charge < -0.3 is 9.85 Å². The van der Waals surface area contributed by atoms with Crippen molar-refractivity contribution in [1.29, 1.82) is 0 Å². The molecular formula is C12H16N2O3. The summed E-state index contributed by atoms with van der Waals surface area (Å²) < 4.78 is -0.554. The van der Waals surface area contributed by atoms with Gasteiger partial charge in [0.1, 0.15) is 0 Å². The number of nitro groups is 1. The van der Waals surface area contributed by atoms with Crippen LogP contribution in [-0.2, 0) is 0 Å². The minimum absolute atomic E-state index is 0.0583. The molecule has 1 aromatic rings. The van der Waals surface area contributed by atoms with Crippen molar-refractivity contribution in [1.82, 2.24) is 4.65 Å². The summed E-state index contributed by atoms with van der Waals surface area (Å²) >= 11 is 0. The van der Waals surface area contributed by atoms with Gasteiger partial charge in [0.2, 0.25) is 5.69 Å². The predicted molar refractivity (Wildman–Crippen MR) is 66.4 cm³/mol. The quantitative estimate of drug-likeness (QED) is 0.343. The van der Waals surface area contributed by atoms with Crippen LogP contribution in [0.5, 0.6) is 0 Å². The Bertz CT molecular complexity index is 426. The van der Waals surface area contributed by atoms with Crippen molar-refractivity contribution in [3.63, 3.8) is 0 Å². The summed E-state index contributed by atoms with van der Waals surface area (Å²) in [6.07, 6.45) is 1.66. The van der Waals surface area contributed by atoms with Crippen molar-refractivity contribution < 1.29 is 4.92 Å². The Kier molecular flexibility index (Phi) is 3.13. The van der Waals surface area contributed by atoms with Crippen LogP contribution in [0.15, 0.2) is 24.3 Å². The number of hydroxylamine groups is 2. The number of rotatable bonds is 2. The number of benzene rings is 1. The van der Waals surface area contributed by atoms with E-state index in [1.54, 1.807) is 18.2 Å². The van der Waals surface area contributed by atoms with Crippen molar-refractivity contribution >= 4 is 11.4 Å². The highest BCUT2D eigenvalue weighted by Crippen LogP contribution is 2.36. The maximum absolute atomic E-state index is 12.6. The fourth-order valence-electron chi connectivity index (χ4n) is 2.32. The minimum atomic E-state index is -0.554. The maximum atomic E-state index is 12.6. The van der Waals surface area contributed by atoms with Gasteiger partial charge in [-0.25, -0.2) is 0 Å². The lowest BCUT2D eigenvalue weighted by atomic mass is 9.98. The molecule has 5 nitrogen and oxygen atoms in total. The molecule has 1 fully saturated rings. The molecule has 0 spiro atoms. The molecule has 0 aliphatic carbocycles. The Morgan fingerprint density at radius 1 is 1.29 bits per heavy atom. The fraction of sp³-hybridized carbons (Fsp3) is 0.500. The molecule has 1 aromatic carbocycles. The molecule has 0 saturated carbocycles. The summed E-state index contributed by atoms with van der Waals surface area (Å²) in [6.45, 7) is 2.99. The third-order valence-electron chi connectivity index (χ3n) is 3.48. The van der Waals surface area contributed by atoms with Crippen LogP contribution in [-0.4, -0.2) is 18.0 Å². The van der Waals surface area contributed by atoms with Crippen LogP contribution < -0.4 is 4.65 Å². The number of nitro benzene ring substituents is 1. The normalized spacial score (nSPS) is 28.9. The average molecular weight is 236 g/mol. The van der Waals surface area contributed by atoms with Gasteiger partial charge in [-0.2, -0.15) is 0 Å². The van der Waals surface area contributed by atoms with Gasteiger partial charge in [-0.1, -0.05) is 19.1 Å². The first-order chi connectivity index (χ1) is 8.03. The molecule has 0 aromatic heterocycles. The topological polar surface area (TPSA) is 66.2 Å². The van der Waals surface area contributed by atoms with E-state index < -0.39 is 9.57 Å². The molecule has 5 heteroatoms. The zero-order valence-electron chi connectivity index (χ0n) is 9.83. The number of para-hydroxylation sites is 2. The number of hydrogen-bond donors (Lipinski definition) is 0. The van der Waals surface area contributed by atoms with Gasteiger partial charge in [-0.05, 0) is 5.92 Å². The summed E-state index contributed by atoms with van der Waals surface area (Å²) in [4.78, 5) is 10.5. The second kappa shape index (κ2) is 4.43. The van der Waals surface area contributed by atoms with Crippen LogP contribution in [0.2, 0.25) is 0 Å². The Morgan fingerprint density at radius 3 is 2.47 bits per heavy atom. The summed E-state index contributed by atoms with van der Waals surface area (Å²) in [7, 11) is 0. The summed E-state index contributed by atoms with van der Waals surface area (Å²) in [5, 5.41) is 23.6. The highest BCUT2D eigenvalue weighted by Gasteiger charge is 2.32. The highest BCUT2D eigenvalue weighted by atomic mass is 16.6. The summed E-state index contributed by atoms with van der Waals surface area (Å²) in [5.74, 6) is 0.540. The van der Waals surface area contributed by atoms with Crippen molar-refractivity contribution in [2.75, 3.05) is 13.1 Å². The first-order valence-corrected chi connectivity index (χ1v) is 5.85. The zero-order valence-corrected chi connectivity index (χ0v) is 9.83. The Labute approximate surface area is 100.0 Å². The van der Waals surface area contributed by atoms with Crippen molar-refractivity contribution in [2.45, 2.75) is 19.8 Å². The highest BCUT2D eigenvalue weighted by molar-refractivity contribution is 5.61.